The van der Waals surface area contributed by atoms with Crippen molar-refractivity contribution in [3.05, 3.63) is 0 Å². The van der Waals surface area contributed by atoms with E-state index in [1.807, 2.05) is 6.26 Å². The maximum atomic E-state index is 10.8. The van der Waals surface area contributed by atoms with Crippen molar-refractivity contribution in [2.24, 2.45) is 0 Å². The summed E-state index contributed by atoms with van der Waals surface area (Å²) >= 11 is 1.57. The molecule has 2 N–H and O–H groups in total. The molecule has 4 nitrogen and oxygen atoms in total. The number of aliphatic hydroxyl groups excluding tert-OH is 1. The first kappa shape index (κ1) is 11.2. The molecule has 0 radical (unpaired) electrons. The zero-order valence-electron chi connectivity index (χ0n) is 6.41. The number of nitrogens with one attached hydrogen (secondary N) is 1. The lowest BCUT2D eigenvalue weighted by molar-refractivity contribution is 0.319. The molecule has 0 bridgehead atoms. The Balaban J connectivity index is 3.56. The summed E-state index contributed by atoms with van der Waals surface area (Å²) in [6.45, 7) is 0.109. The van der Waals surface area contributed by atoms with Gasteiger partial charge in [-0.05, 0) is 6.26 Å². The number of thioether (sulfide) groups is 1. The molecule has 0 amide bonds. The summed E-state index contributed by atoms with van der Waals surface area (Å²) < 4.78 is 24.0. The van der Waals surface area contributed by atoms with Gasteiger partial charge in [0.1, 0.15) is 0 Å². The fraction of sp³-hybridized carbons (Fsp3) is 1.00. The maximum Gasteiger partial charge on any atom is 0.213 e. The van der Waals surface area contributed by atoms with E-state index in [0.717, 1.165) is 5.75 Å². The monoisotopic (exact) mass is 199 g/mol. The second-order valence-electron chi connectivity index (χ2n) is 1.93. The van der Waals surface area contributed by atoms with Gasteiger partial charge >= 0.3 is 0 Å². The van der Waals surface area contributed by atoms with Crippen LogP contribution in [0.3, 0.4) is 0 Å². The largest absolute Gasteiger partial charge is 0.395 e. The molecular weight excluding hydrogens is 186 g/mol. The molecule has 0 fully saturated rings. The van der Waals surface area contributed by atoms with E-state index in [-0.39, 0.29) is 12.4 Å². The summed E-state index contributed by atoms with van der Waals surface area (Å²) in [7, 11) is -3.22. The fourth-order valence-electron chi connectivity index (χ4n) is 0.492. The summed E-state index contributed by atoms with van der Waals surface area (Å²) in [6.07, 6.45) is 1.90. The topological polar surface area (TPSA) is 66.4 Å². The van der Waals surface area contributed by atoms with Gasteiger partial charge in [0.2, 0.25) is 10.0 Å². The van der Waals surface area contributed by atoms with Crippen molar-refractivity contribution in [3.8, 4) is 0 Å². The van der Waals surface area contributed by atoms with Crippen molar-refractivity contribution in [1.29, 1.82) is 0 Å². The highest BCUT2D eigenvalue weighted by atomic mass is 32.2. The Hall–Kier alpha value is 0.220. The fourth-order valence-corrected chi connectivity index (χ4v) is 1.72. The van der Waals surface area contributed by atoms with Crippen LogP contribution in [0.4, 0.5) is 0 Å². The van der Waals surface area contributed by atoms with Crippen molar-refractivity contribution in [1.82, 2.24) is 4.72 Å². The van der Waals surface area contributed by atoms with E-state index in [9.17, 15) is 8.42 Å². The lowest BCUT2D eigenvalue weighted by Crippen LogP contribution is -2.29. The second-order valence-corrected chi connectivity index (χ2v) is 4.84. The molecule has 0 aliphatic heterocycles. The number of hydrogen-bond acceptors (Lipinski definition) is 4. The number of sulfonamides is 1. The number of hydrogen-bond donors (Lipinski definition) is 2. The number of aliphatic hydroxyl groups is 1. The smallest absolute Gasteiger partial charge is 0.213 e. The Bertz CT molecular complexity index is 178. The Labute approximate surface area is 71.4 Å². The van der Waals surface area contributed by atoms with Gasteiger partial charge in [-0.2, -0.15) is 11.8 Å². The molecule has 68 valence electrons. The maximum absolute atomic E-state index is 10.8. The van der Waals surface area contributed by atoms with Crippen molar-refractivity contribution in [2.45, 2.75) is 0 Å². The number of rotatable bonds is 6. The predicted molar refractivity (Wildman–Crippen MR) is 47.3 cm³/mol. The molecule has 0 saturated carbocycles. The van der Waals surface area contributed by atoms with Gasteiger partial charge < -0.3 is 5.11 Å². The summed E-state index contributed by atoms with van der Waals surface area (Å²) in [5.74, 6) is 0.548. The van der Waals surface area contributed by atoms with Crippen LogP contribution in [0.15, 0.2) is 0 Å². The lowest BCUT2D eigenvalue weighted by Gasteiger charge is -2.02. The average molecular weight is 199 g/mol. The van der Waals surface area contributed by atoms with Crippen molar-refractivity contribution < 1.29 is 13.5 Å². The van der Waals surface area contributed by atoms with Crippen LogP contribution in [-0.2, 0) is 10.0 Å². The third-order valence-corrected chi connectivity index (χ3v) is 2.96. The standard InChI is InChI=1S/C5H13NO3S2/c1-10-4-2-6-11(8,9)5-3-7/h6-7H,2-5H2,1H3. The van der Waals surface area contributed by atoms with Gasteiger partial charge in [0.05, 0.1) is 12.4 Å². The van der Waals surface area contributed by atoms with Crippen LogP contribution in [0, 0.1) is 0 Å². The summed E-state index contributed by atoms with van der Waals surface area (Å²) in [4.78, 5) is 0. The quantitative estimate of drug-likeness (QED) is 0.553. The molecule has 0 atom stereocenters. The van der Waals surface area contributed by atoms with Gasteiger partial charge in [-0.3, -0.25) is 0 Å². The van der Waals surface area contributed by atoms with E-state index >= 15 is 0 Å². The van der Waals surface area contributed by atoms with Crippen molar-refractivity contribution in [3.63, 3.8) is 0 Å². The molecule has 6 heteroatoms. The first-order valence-corrected chi connectivity index (χ1v) is 6.24. The summed E-state index contributed by atoms with van der Waals surface area (Å²) in [5, 5.41) is 8.33. The summed E-state index contributed by atoms with van der Waals surface area (Å²) in [5.41, 5.74) is 0. The van der Waals surface area contributed by atoms with E-state index in [1.54, 1.807) is 11.8 Å². The molecule has 0 aromatic carbocycles. The van der Waals surface area contributed by atoms with Gasteiger partial charge in [0.25, 0.3) is 0 Å². The predicted octanol–water partition coefficient (Wildman–Crippen LogP) is -0.739. The van der Waals surface area contributed by atoms with Crippen molar-refractivity contribution in [2.75, 3.05) is 30.9 Å². The van der Waals surface area contributed by atoms with Gasteiger partial charge in [0, 0.05) is 12.3 Å². The van der Waals surface area contributed by atoms with Crippen LogP contribution < -0.4 is 4.72 Å². The van der Waals surface area contributed by atoms with Crippen LogP contribution in [0.25, 0.3) is 0 Å². The Kier molecular flexibility index (Phi) is 5.93. The first-order chi connectivity index (χ1) is 5.12. The minimum absolute atomic E-state index is 0.207. The Morgan fingerprint density at radius 1 is 1.55 bits per heavy atom. The van der Waals surface area contributed by atoms with Gasteiger partial charge in [-0.25, -0.2) is 13.1 Å². The minimum atomic E-state index is -3.22. The zero-order chi connectivity index (χ0) is 8.74. The normalized spacial score (nSPS) is 11.8. The molecule has 0 spiro atoms. The van der Waals surface area contributed by atoms with Crippen LogP contribution in [0.5, 0.6) is 0 Å². The molecule has 0 aromatic heterocycles. The highest BCUT2D eigenvalue weighted by Crippen LogP contribution is 1.89. The minimum Gasteiger partial charge on any atom is -0.395 e. The van der Waals surface area contributed by atoms with Gasteiger partial charge in [-0.15, -0.1) is 0 Å². The molecule has 0 heterocycles. The molecule has 0 saturated heterocycles. The SMILES string of the molecule is CSCCNS(=O)(=O)CCO. The van der Waals surface area contributed by atoms with E-state index < -0.39 is 10.0 Å². The van der Waals surface area contributed by atoms with Crippen LogP contribution >= 0.6 is 11.8 Å². The van der Waals surface area contributed by atoms with E-state index in [2.05, 4.69) is 4.72 Å². The molecule has 0 aliphatic rings. The summed E-state index contributed by atoms with van der Waals surface area (Å²) in [6, 6.07) is 0. The van der Waals surface area contributed by atoms with Crippen molar-refractivity contribution >= 4 is 21.8 Å². The Morgan fingerprint density at radius 2 is 2.18 bits per heavy atom. The third-order valence-electron chi connectivity index (χ3n) is 0.988. The zero-order valence-corrected chi connectivity index (χ0v) is 8.04. The van der Waals surface area contributed by atoms with E-state index in [4.69, 9.17) is 5.11 Å². The van der Waals surface area contributed by atoms with Gasteiger partial charge in [0.15, 0.2) is 0 Å². The van der Waals surface area contributed by atoms with Crippen LogP contribution in [0.1, 0.15) is 0 Å². The van der Waals surface area contributed by atoms with Crippen LogP contribution in [-0.4, -0.2) is 44.4 Å². The highest BCUT2D eigenvalue weighted by Gasteiger charge is 2.06. The molecule has 0 unspecified atom stereocenters. The van der Waals surface area contributed by atoms with E-state index in [0.29, 0.717) is 6.54 Å². The molecule has 0 aliphatic carbocycles. The third kappa shape index (κ3) is 6.61. The lowest BCUT2D eigenvalue weighted by atomic mass is 10.8. The second kappa shape index (κ2) is 5.82. The first-order valence-electron chi connectivity index (χ1n) is 3.19. The van der Waals surface area contributed by atoms with Crippen LogP contribution in [0.2, 0.25) is 0 Å². The highest BCUT2D eigenvalue weighted by molar-refractivity contribution is 7.98. The average Bonchev–Trinajstić information content (AvgIpc) is 1.87. The molecule has 0 aromatic rings. The molecule has 0 rings (SSSR count). The Morgan fingerprint density at radius 3 is 2.64 bits per heavy atom. The molecular formula is C5H13NO3S2. The molecule has 11 heavy (non-hydrogen) atoms. The van der Waals surface area contributed by atoms with Gasteiger partial charge in [-0.1, -0.05) is 0 Å². The van der Waals surface area contributed by atoms with E-state index in [1.165, 1.54) is 0 Å².